The van der Waals surface area contributed by atoms with E-state index < -0.39 is 23.7 Å². The zero-order valence-corrected chi connectivity index (χ0v) is 10.6. The van der Waals surface area contributed by atoms with Crippen LogP contribution in [0.15, 0.2) is 22.7 Å². The van der Waals surface area contributed by atoms with Gasteiger partial charge >= 0.3 is 5.97 Å². The number of carbonyl (C=O) groups is 2. The lowest BCUT2D eigenvalue weighted by Crippen LogP contribution is -2.40. The number of benzene rings is 1. The summed E-state index contributed by atoms with van der Waals surface area (Å²) >= 11 is 2.96. The third kappa shape index (κ3) is 3.52. The number of carboxylic acids is 1. The van der Waals surface area contributed by atoms with Gasteiger partial charge in [0.15, 0.2) is 0 Å². The molecule has 0 spiro atoms. The number of hydrogen-bond donors (Lipinski definition) is 2. The molecular weight excluding hydrogens is 293 g/mol. The summed E-state index contributed by atoms with van der Waals surface area (Å²) in [5.74, 6) is -2.12. The van der Waals surface area contributed by atoms with E-state index in [0.717, 1.165) is 6.07 Å². The Morgan fingerprint density at radius 1 is 1.53 bits per heavy atom. The predicted molar refractivity (Wildman–Crippen MR) is 63.3 cm³/mol. The molecular formula is C11H11BrFNO3. The molecule has 0 aliphatic rings. The maximum absolute atomic E-state index is 12.9. The SMILES string of the molecule is CCC(NC(=O)c1ccc(F)c(Br)c1)C(=O)O. The average Bonchev–Trinajstić information content (AvgIpc) is 2.28. The van der Waals surface area contributed by atoms with Gasteiger partial charge in [0.2, 0.25) is 0 Å². The number of amides is 1. The first-order valence-corrected chi connectivity index (χ1v) is 5.73. The second kappa shape index (κ2) is 5.77. The summed E-state index contributed by atoms with van der Waals surface area (Å²) in [6, 6.07) is 2.80. The van der Waals surface area contributed by atoms with E-state index in [4.69, 9.17) is 5.11 Å². The fraction of sp³-hybridized carbons (Fsp3) is 0.273. The minimum absolute atomic E-state index is 0.161. The monoisotopic (exact) mass is 303 g/mol. The Bertz CT molecular complexity index is 450. The fourth-order valence-corrected chi connectivity index (χ4v) is 1.60. The Morgan fingerprint density at radius 3 is 2.65 bits per heavy atom. The standard InChI is InChI=1S/C11H11BrFNO3/c1-2-9(11(16)17)14-10(15)6-3-4-8(13)7(12)5-6/h3-5,9H,2H2,1H3,(H,14,15)(H,16,17). The second-order valence-corrected chi connectivity index (χ2v) is 4.26. The van der Waals surface area contributed by atoms with E-state index in [0.29, 0.717) is 0 Å². The zero-order chi connectivity index (χ0) is 13.0. The van der Waals surface area contributed by atoms with Crippen LogP contribution in [-0.2, 0) is 4.79 Å². The maximum atomic E-state index is 12.9. The molecule has 1 aromatic rings. The molecule has 17 heavy (non-hydrogen) atoms. The van der Waals surface area contributed by atoms with Crippen molar-refractivity contribution in [1.82, 2.24) is 5.32 Å². The lowest BCUT2D eigenvalue weighted by molar-refractivity contribution is -0.139. The van der Waals surface area contributed by atoms with E-state index in [9.17, 15) is 14.0 Å². The quantitative estimate of drug-likeness (QED) is 0.896. The Hall–Kier alpha value is -1.43. The number of carboxylic acid groups (broad SMARTS) is 1. The molecule has 0 aliphatic heterocycles. The van der Waals surface area contributed by atoms with Crippen molar-refractivity contribution >= 4 is 27.8 Å². The molecule has 1 rings (SSSR count). The first kappa shape index (κ1) is 13.6. The molecule has 0 bridgehead atoms. The molecule has 0 radical (unpaired) electrons. The lowest BCUT2D eigenvalue weighted by atomic mass is 10.1. The summed E-state index contributed by atoms with van der Waals surface area (Å²) in [5.41, 5.74) is 0.206. The number of halogens is 2. The average molecular weight is 304 g/mol. The van der Waals surface area contributed by atoms with Crippen molar-refractivity contribution in [3.8, 4) is 0 Å². The highest BCUT2D eigenvalue weighted by Crippen LogP contribution is 2.16. The van der Waals surface area contributed by atoms with Crippen LogP contribution < -0.4 is 5.32 Å². The van der Waals surface area contributed by atoms with Gasteiger partial charge in [-0.15, -0.1) is 0 Å². The topological polar surface area (TPSA) is 66.4 Å². The molecule has 1 atom stereocenters. The van der Waals surface area contributed by atoms with Crippen molar-refractivity contribution < 1.29 is 19.1 Å². The molecule has 1 aromatic carbocycles. The van der Waals surface area contributed by atoms with Crippen LogP contribution in [0.1, 0.15) is 23.7 Å². The molecule has 92 valence electrons. The van der Waals surface area contributed by atoms with E-state index in [1.807, 2.05) is 0 Å². The van der Waals surface area contributed by atoms with Crippen LogP contribution in [0.4, 0.5) is 4.39 Å². The molecule has 1 amide bonds. The molecule has 0 saturated carbocycles. The van der Waals surface area contributed by atoms with Crippen LogP contribution in [0, 0.1) is 5.82 Å². The van der Waals surface area contributed by atoms with Gasteiger partial charge in [-0.1, -0.05) is 6.92 Å². The molecule has 6 heteroatoms. The van der Waals surface area contributed by atoms with Crippen molar-refractivity contribution in [1.29, 1.82) is 0 Å². The van der Waals surface area contributed by atoms with E-state index in [1.165, 1.54) is 12.1 Å². The molecule has 0 aromatic heterocycles. The van der Waals surface area contributed by atoms with Gasteiger partial charge in [-0.05, 0) is 40.5 Å². The Kier molecular flexibility index (Phi) is 4.62. The highest BCUT2D eigenvalue weighted by molar-refractivity contribution is 9.10. The maximum Gasteiger partial charge on any atom is 0.326 e. The molecule has 2 N–H and O–H groups in total. The fourth-order valence-electron chi connectivity index (χ4n) is 1.22. The van der Waals surface area contributed by atoms with Crippen molar-refractivity contribution in [2.75, 3.05) is 0 Å². The third-order valence-corrected chi connectivity index (χ3v) is 2.80. The number of aliphatic carboxylic acids is 1. The van der Waals surface area contributed by atoms with E-state index in [-0.39, 0.29) is 16.5 Å². The summed E-state index contributed by atoms with van der Waals surface area (Å²) in [4.78, 5) is 22.4. The molecule has 4 nitrogen and oxygen atoms in total. The van der Waals surface area contributed by atoms with Gasteiger partial charge in [0, 0.05) is 5.56 Å². The number of hydrogen-bond acceptors (Lipinski definition) is 2. The van der Waals surface area contributed by atoms with E-state index >= 15 is 0 Å². The summed E-state index contributed by atoms with van der Waals surface area (Å²) in [6.45, 7) is 1.65. The van der Waals surface area contributed by atoms with Crippen LogP contribution in [0.2, 0.25) is 0 Å². The van der Waals surface area contributed by atoms with Gasteiger partial charge in [-0.3, -0.25) is 4.79 Å². The first-order chi connectivity index (χ1) is 7.95. The largest absolute Gasteiger partial charge is 0.480 e. The molecule has 1 unspecified atom stereocenters. The minimum Gasteiger partial charge on any atom is -0.480 e. The summed E-state index contributed by atoms with van der Waals surface area (Å²) in [6.07, 6.45) is 0.281. The van der Waals surface area contributed by atoms with Crippen LogP contribution in [0.5, 0.6) is 0 Å². The number of carbonyl (C=O) groups excluding carboxylic acids is 1. The van der Waals surface area contributed by atoms with E-state index in [2.05, 4.69) is 21.2 Å². The minimum atomic E-state index is -1.10. The molecule has 0 aliphatic carbocycles. The Balaban J connectivity index is 2.82. The summed E-state index contributed by atoms with van der Waals surface area (Å²) < 4.78 is 13.1. The highest BCUT2D eigenvalue weighted by Gasteiger charge is 2.18. The number of rotatable bonds is 4. The van der Waals surface area contributed by atoms with Crippen LogP contribution in [-0.4, -0.2) is 23.0 Å². The van der Waals surface area contributed by atoms with Crippen molar-refractivity contribution in [3.05, 3.63) is 34.1 Å². The van der Waals surface area contributed by atoms with Gasteiger partial charge < -0.3 is 10.4 Å². The van der Waals surface area contributed by atoms with Crippen molar-refractivity contribution in [2.24, 2.45) is 0 Å². The summed E-state index contributed by atoms with van der Waals surface area (Å²) in [5, 5.41) is 11.1. The summed E-state index contributed by atoms with van der Waals surface area (Å²) in [7, 11) is 0. The van der Waals surface area contributed by atoms with Gasteiger partial charge in [0.1, 0.15) is 11.9 Å². The first-order valence-electron chi connectivity index (χ1n) is 4.94. The molecule has 0 fully saturated rings. The zero-order valence-electron chi connectivity index (χ0n) is 9.04. The lowest BCUT2D eigenvalue weighted by Gasteiger charge is -2.12. The Morgan fingerprint density at radius 2 is 2.18 bits per heavy atom. The third-order valence-electron chi connectivity index (χ3n) is 2.19. The van der Waals surface area contributed by atoms with E-state index in [1.54, 1.807) is 6.92 Å². The molecule has 0 saturated heterocycles. The van der Waals surface area contributed by atoms with Crippen LogP contribution in [0.25, 0.3) is 0 Å². The van der Waals surface area contributed by atoms with Crippen molar-refractivity contribution in [2.45, 2.75) is 19.4 Å². The van der Waals surface area contributed by atoms with Gasteiger partial charge in [-0.25, -0.2) is 9.18 Å². The van der Waals surface area contributed by atoms with Gasteiger partial charge in [0.05, 0.1) is 4.47 Å². The smallest absolute Gasteiger partial charge is 0.326 e. The predicted octanol–water partition coefficient (Wildman–Crippen LogP) is 2.18. The van der Waals surface area contributed by atoms with Gasteiger partial charge in [0.25, 0.3) is 5.91 Å². The highest BCUT2D eigenvalue weighted by atomic mass is 79.9. The molecule has 0 heterocycles. The van der Waals surface area contributed by atoms with Crippen molar-refractivity contribution in [3.63, 3.8) is 0 Å². The number of nitrogens with one attached hydrogen (secondary N) is 1. The van der Waals surface area contributed by atoms with Crippen LogP contribution >= 0.6 is 15.9 Å². The second-order valence-electron chi connectivity index (χ2n) is 3.40. The van der Waals surface area contributed by atoms with Crippen LogP contribution in [0.3, 0.4) is 0 Å². The normalized spacial score (nSPS) is 11.9. The van der Waals surface area contributed by atoms with Gasteiger partial charge in [-0.2, -0.15) is 0 Å². The Labute approximate surface area is 106 Å².